The molecule has 0 fully saturated rings. The summed E-state index contributed by atoms with van der Waals surface area (Å²) in [6.45, 7) is 2.01. The van der Waals surface area contributed by atoms with Gasteiger partial charge in [0.05, 0.1) is 16.4 Å². The fourth-order valence-corrected chi connectivity index (χ4v) is 1.97. The molecule has 0 saturated heterocycles. The zero-order valence-electron chi connectivity index (χ0n) is 9.10. The van der Waals surface area contributed by atoms with Gasteiger partial charge in [0.25, 0.3) is 0 Å². The van der Waals surface area contributed by atoms with Gasteiger partial charge in [0.2, 0.25) is 0 Å². The van der Waals surface area contributed by atoms with Gasteiger partial charge in [-0.05, 0) is 40.9 Å². The molecule has 1 heterocycles. The molecule has 0 aliphatic heterocycles. The van der Waals surface area contributed by atoms with E-state index < -0.39 is 0 Å². The number of aromatic nitrogens is 2. The van der Waals surface area contributed by atoms with Gasteiger partial charge in [-0.1, -0.05) is 18.2 Å². The summed E-state index contributed by atoms with van der Waals surface area (Å²) in [6.07, 6.45) is 4.58. The minimum Gasteiger partial charge on any atom is -0.328 e. The first-order chi connectivity index (χ1) is 7.66. The van der Waals surface area contributed by atoms with Gasteiger partial charge in [-0.25, -0.2) is 4.68 Å². The van der Waals surface area contributed by atoms with E-state index in [9.17, 15) is 0 Å². The molecule has 0 amide bonds. The number of halogens is 1. The highest BCUT2D eigenvalue weighted by Crippen LogP contribution is 2.17. The van der Waals surface area contributed by atoms with E-state index in [-0.39, 0.29) is 6.04 Å². The predicted octanol–water partition coefficient (Wildman–Crippen LogP) is 2.52. The normalized spacial score (nSPS) is 12.7. The van der Waals surface area contributed by atoms with Gasteiger partial charge in [-0.2, -0.15) is 5.10 Å². The van der Waals surface area contributed by atoms with Crippen molar-refractivity contribution in [3.63, 3.8) is 0 Å². The lowest BCUT2D eigenvalue weighted by Crippen LogP contribution is -2.19. The fraction of sp³-hybridized carbons (Fsp3) is 0.250. The van der Waals surface area contributed by atoms with E-state index in [1.807, 2.05) is 29.9 Å². The molecule has 0 aliphatic rings. The monoisotopic (exact) mass is 279 g/mol. The van der Waals surface area contributed by atoms with E-state index in [1.165, 1.54) is 5.56 Å². The Hall–Kier alpha value is -1.13. The first-order valence-electron chi connectivity index (χ1n) is 5.21. The zero-order chi connectivity index (χ0) is 11.5. The summed E-state index contributed by atoms with van der Waals surface area (Å²) in [6, 6.07) is 8.33. The van der Waals surface area contributed by atoms with Crippen LogP contribution >= 0.6 is 15.9 Å². The van der Waals surface area contributed by atoms with E-state index in [0.717, 1.165) is 16.6 Å². The maximum atomic E-state index is 5.84. The zero-order valence-corrected chi connectivity index (χ0v) is 10.7. The van der Waals surface area contributed by atoms with Crippen LogP contribution < -0.4 is 5.73 Å². The summed E-state index contributed by atoms with van der Waals surface area (Å²) >= 11 is 3.40. The van der Waals surface area contributed by atoms with E-state index in [2.05, 4.69) is 33.2 Å². The van der Waals surface area contributed by atoms with E-state index >= 15 is 0 Å². The summed E-state index contributed by atoms with van der Waals surface area (Å²) in [5, 5.41) is 4.28. The van der Waals surface area contributed by atoms with Gasteiger partial charge in [0.1, 0.15) is 0 Å². The molecule has 0 radical (unpaired) electrons. The summed E-state index contributed by atoms with van der Waals surface area (Å²) in [4.78, 5) is 0. The second-order valence-corrected chi connectivity index (χ2v) is 4.83. The van der Waals surface area contributed by atoms with Crippen LogP contribution in [0.3, 0.4) is 0 Å². The van der Waals surface area contributed by atoms with Gasteiger partial charge >= 0.3 is 0 Å². The summed E-state index contributed by atoms with van der Waals surface area (Å²) < 4.78 is 2.84. The maximum Gasteiger partial charge on any atom is 0.0678 e. The Kier molecular flexibility index (Phi) is 3.41. The Morgan fingerprint density at radius 2 is 2.19 bits per heavy atom. The molecule has 1 atom stereocenters. The van der Waals surface area contributed by atoms with Crippen LogP contribution in [0.1, 0.15) is 12.5 Å². The van der Waals surface area contributed by atoms with Crippen LogP contribution in [-0.2, 0) is 6.42 Å². The third-order valence-electron chi connectivity index (χ3n) is 2.33. The summed E-state index contributed by atoms with van der Waals surface area (Å²) in [5.74, 6) is 0. The van der Waals surface area contributed by atoms with Crippen molar-refractivity contribution in [2.45, 2.75) is 19.4 Å². The number of hydrogen-bond donors (Lipinski definition) is 1. The lowest BCUT2D eigenvalue weighted by molar-refractivity contribution is 0.727. The van der Waals surface area contributed by atoms with E-state index in [1.54, 1.807) is 6.20 Å². The molecule has 1 aromatic carbocycles. The average Bonchev–Trinajstić information content (AvgIpc) is 2.65. The number of nitrogens with zero attached hydrogens (tertiary/aromatic N) is 2. The number of hydrogen-bond acceptors (Lipinski definition) is 2. The molecule has 4 heteroatoms. The average molecular weight is 280 g/mol. The minimum absolute atomic E-state index is 0.153. The van der Waals surface area contributed by atoms with Gasteiger partial charge in [0, 0.05) is 12.2 Å². The summed E-state index contributed by atoms with van der Waals surface area (Å²) in [7, 11) is 0. The highest BCUT2D eigenvalue weighted by molar-refractivity contribution is 9.10. The van der Waals surface area contributed by atoms with Gasteiger partial charge in [0.15, 0.2) is 0 Å². The highest BCUT2D eigenvalue weighted by Gasteiger charge is 2.06. The maximum absolute atomic E-state index is 5.84. The van der Waals surface area contributed by atoms with Crippen molar-refractivity contribution >= 4 is 15.9 Å². The molecule has 3 nitrogen and oxygen atoms in total. The molecule has 1 aromatic heterocycles. The molecule has 2 N–H and O–H groups in total. The molecule has 1 unspecified atom stereocenters. The van der Waals surface area contributed by atoms with Crippen molar-refractivity contribution in [1.29, 1.82) is 0 Å². The Morgan fingerprint density at radius 1 is 1.44 bits per heavy atom. The molecule has 0 saturated carbocycles. The third kappa shape index (κ3) is 2.51. The van der Waals surface area contributed by atoms with Gasteiger partial charge in [-0.15, -0.1) is 0 Å². The Bertz CT molecular complexity index is 477. The van der Waals surface area contributed by atoms with Crippen molar-refractivity contribution in [3.8, 4) is 5.69 Å². The molecule has 0 spiro atoms. The van der Waals surface area contributed by atoms with E-state index in [4.69, 9.17) is 5.73 Å². The SMILES string of the molecule is CC(N)Cc1ccccc1-n1cc(Br)cn1. The molecule has 16 heavy (non-hydrogen) atoms. The van der Waals surface area contributed by atoms with Crippen LogP contribution in [0.2, 0.25) is 0 Å². The number of nitrogens with two attached hydrogens (primary N) is 1. The van der Waals surface area contributed by atoms with Crippen LogP contribution in [0.4, 0.5) is 0 Å². The lowest BCUT2D eigenvalue weighted by Gasteiger charge is -2.11. The number of benzene rings is 1. The number of para-hydroxylation sites is 1. The molecule has 0 bridgehead atoms. The first-order valence-corrected chi connectivity index (χ1v) is 6.00. The minimum atomic E-state index is 0.153. The third-order valence-corrected chi connectivity index (χ3v) is 2.74. The van der Waals surface area contributed by atoms with Crippen LogP contribution in [-0.4, -0.2) is 15.8 Å². The van der Waals surface area contributed by atoms with Gasteiger partial charge in [-0.3, -0.25) is 0 Å². The fourth-order valence-electron chi connectivity index (χ4n) is 1.69. The van der Waals surface area contributed by atoms with Crippen LogP contribution in [0.25, 0.3) is 5.69 Å². The van der Waals surface area contributed by atoms with Gasteiger partial charge < -0.3 is 5.73 Å². The second kappa shape index (κ2) is 4.80. The van der Waals surface area contributed by atoms with Crippen LogP contribution in [0, 0.1) is 0 Å². The van der Waals surface area contributed by atoms with Crippen molar-refractivity contribution in [2.75, 3.05) is 0 Å². The molecule has 2 rings (SSSR count). The number of rotatable bonds is 3. The second-order valence-electron chi connectivity index (χ2n) is 3.91. The molecule has 2 aromatic rings. The molecule has 0 aliphatic carbocycles. The highest BCUT2D eigenvalue weighted by atomic mass is 79.9. The first kappa shape index (κ1) is 11.4. The molecular formula is C12H14BrN3. The molecule has 84 valence electrons. The quantitative estimate of drug-likeness (QED) is 0.938. The predicted molar refractivity (Wildman–Crippen MR) is 68.6 cm³/mol. The van der Waals surface area contributed by atoms with Crippen molar-refractivity contribution < 1.29 is 0 Å². The van der Waals surface area contributed by atoms with Crippen molar-refractivity contribution in [1.82, 2.24) is 9.78 Å². The molecular weight excluding hydrogens is 266 g/mol. The van der Waals surface area contributed by atoms with Crippen LogP contribution in [0.15, 0.2) is 41.1 Å². The Balaban J connectivity index is 2.40. The smallest absolute Gasteiger partial charge is 0.0678 e. The van der Waals surface area contributed by atoms with Crippen molar-refractivity contribution in [2.24, 2.45) is 5.73 Å². The largest absolute Gasteiger partial charge is 0.328 e. The Morgan fingerprint density at radius 3 is 2.81 bits per heavy atom. The Labute approximate surface area is 103 Å². The standard InChI is InChI=1S/C12H14BrN3/c1-9(14)6-10-4-2-3-5-12(10)16-8-11(13)7-15-16/h2-5,7-9H,6,14H2,1H3. The van der Waals surface area contributed by atoms with Crippen LogP contribution in [0.5, 0.6) is 0 Å². The van der Waals surface area contributed by atoms with Crippen molar-refractivity contribution in [3.05, 3.63) is 46.7 Å². The topological polar surface area (TPSA) is 43.8 Å². The summed E-state index contributed by atoms with van der Waals surface area (Å²) in [5.41, 5.74) is 8.14. The lowest BCUT2D eigenvalue weighted by atomic mass is 10.1. The van der Waals surface area contributed by atoms with E-state index in [0.29, 0.717) is 0 Å².